The van der Waals surface area contributed by atoms with Crippen LogP contribution in [0, 0.1) is 0 Å². The topological polar surface area (TPSA) is 30.5 Å². The molecular formula is C12H19NO2. The average Bonchev–Trinajstić information content (AvgIpc) is 2.29. The maximum atomic E-state index is 5.29. The van der Waals surface area contributed by atoms with Gasteiger partial charge in [0.15, 0.2) is 0 Å². The summed E-state index contributed by atoms with van der Waals surface area (Å²) in [6.45, 7) is 5.00. The van der Waals surface area contributed by atoms with Gasteiger partial charge in [0.2, 0.25) is 0 Å². The highest BCUT2D eigenvalue weighted by Crippen LogP contribution is 1.98. The first-order valence-corrected chi connectivity index (χ1v) is 5.40. The second kappa shape index (κ2) is 8.41. The second-order valence-corrected chi connectivity index (χ2v) is 3.22. The van der Waals surface area contributed by atoms with Crippen molar-refractivity contribution in [1.82, 2.24) is 5.48 Å². The third kappa shape index (κ3) is 6.23. The van der Waals surface area contributed by atoms with Gasteiger partial charge in [0.25, 0.3) is 0 Å². The molecule has 0 radical (unpaired) electrons. The monoisotopic (exact) mass is 209 g/mol. The molecule has 1 rings (SSSR count). The van der Waals surface area contributed by atoms with E-state index >= 15 is 0 Å². The molecule has 84 valence electrons. The zero-order chi connectivity index (χ0) is 10.8. The molecule has 1 aromatic rings. The largest absolute Gasteiger partial charge is 0.382 e. The minimum absolute atomic E-state index is 0.607. The van der Waals surface area contributed by atoms with Crippen molar-refractivity contribution in [3.05, 3.63) is 35.9 Å². The highest BCUT2D eigenvalue weighted by atomic mass is 16.6. The minimum Gasteiger partial charge on any atom is -0.382 e. The Balaban J connectivity index is 1.93. The molecular weight excluding hydrogens is 190 g/mol. The van der Waals surface area contributed by atoms with Crippen molar-refractivity contribution in [2.75, 3.05) is 19.8 Å². The fourth-order valence-electron chi connectivity index (χ4n) is 1.17. The molecule has 0 fully saturated rings. The van der Waals surface area contributed by atoms with Crippen LogP contribution in [0.15, 0.2) is 30.3 Å². The van der Waals surface area contributed by atoms with Crippen molar-refractivity contribution in [3.8, 4) is 0 Å². The van der Waals surface area contributed by atoms with Crippen LogP contribution in [0.2, 0.25) is 0 Å². The zero-order valence-corrected chi connectivity index (χ0v) is 9.24. The van der Waals surface area contributed by atoms with E-state index in [9.17, 15) is 0 Å². The maximum Gasteiger partial charge on any atom is 0.0933 e. The summed E-state index contributed by atoms with van der Waals surface area (Å²) in [5.41, 5.74) is 4.09. The van der Waals surface area contributed by atoms with Gasteiger partial charge < -0.3 is 4.74 Å². The van der Waals surface area contributed by atoms with Gasteiger partial charge in [0, 0.05) is 19.8 Å². The Morgan fingerprint density at radius 3 is 2.73 bits per heavy atom. The van der Waals surface area contributed by atoms with Crippen LogP contribution in [0.5, 0.6) is 0 Å². The van der Waals surface area contributed by atoms with Crippen molar-refractivity contribution >= 4 is 0 Å². The molecule has 0 atom stereocenters. The van der Waals surface area contributed by atoms with E-state index in [1.54, 1.807) is 0 Å². The van der Waals surface area contributed by atoms with E-state index in [-0.39, 0.29) is 0 Å². The summed E-state index contributed by atoms with van der Waals surface area (Å²) in [5.74, 6) is 0. The summed E-state index contributed by atoms with van der Waals surface area (Å²) >= 11 is 0. The second-order valence-electron chi connectivity index (χ2n) is 3.22. The van der Waals surface area contributed by atoms with Crippen LogP contribution < -0.4 is 5.48 Å². The molecule has 0 saturated heterocycles. The number of benzene rings is 1. The van der Waals surface area contributed by atoms with Crippen molar-refractivity contribution in [3.63, 3.8) is 0 Å². The predicted molar refractivity (Wildman–Crippen MR) is 60.3 cm³/mol. The number of hydroxylamine groups is 1. The maximum absolute atomic E-state index is 5.29. The molecule has 0 heterocycles. The normalized spacial score (nSPS) is 10.5. The summed E-state index contributed by atoms with van der Waals surface area (Å²) < 4.78 is 5.20. The van der Waals surface area contributed by atoms with E-state index in [1.165, 1.54) is 5.56 Å². The SMILES string of the molecule is CCOCCCNOCc1ccccc1. The molecule has 0 unspecified atom stereocenters. The Kier molecular flexibility index (Phi) is 6.83. The molecule has 15 heavy (non-hydrogen) atoms. The van der Waals surface area contributed by atoms with Crippen LogP contribution >= 0.6 is 0 Å². The Labute approximate surface area is 91.4 Å². The van der Waals surface area contributed by atoms with Crippen LogP contribution in [0.1, 0.15) is 18.9 Å². The van der Waals surface area contributed by atoms with E-state index in [0.717, 1.165) is 26.2 Å². The van der Waals surface area contributed by atoms with Crippen molar-refractivity contribution in [2.45, 2.75) is 20.0 Å². The van der Waals surface area contributed by atoms with E-state index in [1.807, 2.05) is 37.3 Å². The van der Waals surface area contributed by atoms with Gasteiger partial charge in [-0.05, 0) is 18.9 Å². The molecule has 0 saturated carbocycles. The zero-order valence-electron chi connectivity index (χ0n) is 9.24. The molecule has 0 aliphatic rings. The lowest BCUT2D eigenvalue weighted by molar-refractivity contribution is 0.0222. The smallest absolute Gasteiger partial charge is 0.0933 e. The number of hydrogen-bond acceptors (Lipinski definition) is 3. The molecule has 0 amide bonds. The van der Waals surface area contributed by atoms with E-state index in [2.05, 4.69) is 5.48 Å². The lowest BCUT2D eigenvalue weighted by Gasteiger charge is -2.05. The molecule has 1 aromatic carbocycles. The Morgan fingerprint density at radius 2 is 2.00 bits per heavy atom. The predicted octanol–water partition coefficient (Wildman–Crippen LogP) is 2.13. The van der Waals surface area contributed by atoms with Crippen LogP contribution in [0.4, 0.5) is 0 Å². The molecule has 0 aliphatic heterocycles. The quantitative estimate of drug-likeness (QED) is 0.525. The van der Waals surface area contributed by atoms with Gasteiger partial charge in [0.1, 0.15) is 0 Å². The molecule has 3 heteroatoms. The molecule has 0 aliphatic carbocycles. The van der Waals surface area contributed by atoms with Crippen LogP contribution in [-0.4, -0.2) is 19.8 Å². The summed E-state index contributed by atoms with van der Waals surface area (Å²) in [5, 5.41) is 0. The van der Waals surface area contributed by atoms with Crippen molar-refractivity contribution in [2.24, 2.45) is 0 Å². The van der Waals surface area contributed by atoms with Gasteiger partial charge in [-0.25, -0.2) is 5.48 Å². The molecule has 0 aromatic heterocycles. The fraction of sp³-hybridized carbons (Fsp3) is 0.500. The van der Waals surface area contributed by atoms with E-state index in [0.29, 0.717) is 6.61 Å². The average molecular weight is 209 g/mol. The summed E-state index contributed by atoms with van der Waals surface area (Å²) in [6.07, 6.45) is 0.975. The third-order valence-corrected chi connectivity index (χ3v) is 1.96. The van der Waals surface area contributed by atoms with Gasteiger partial charge in [-0.15, -0.1) is 0 Å². The lowest BCUT2D eigenvalue weighted by Crippen LogP contribution is -2.17. The minimum atomic E-state index is 0.607. The van der Waals surface area contributed by atoms with Crippen LogP contribution in [0.3, 0.4) is 0 Å². The van der Waals surface area contributed by atoms with Gasteiger partial charge in [-0.2, -0.15) is 0 Å². The summed E-state index contributed by atoms with van der Waals surface area (Å²) in [6, 6.07) is 10.1. The first kappa shape index (κ1) is 12.2. The third-order valence-electron chi connectivity index (χ3n) is 1.96. The van der Waals surface area contributed by atoms with Crippen LogP contribution in [0.25, 0.3) is 0 Å². The number of ether oxygens (including phenoxy) is 1. The van der Waals surface area contributed by atoms with Crippen molar-refractivity contribution < 1.29 is 9.57 Å². The molecule has 0 bridgehead atoms. The molecule has 1 N–H and O–H groups in total. The van der Waals surface area contributed by atoms with Crippen LogP contribution in [-0.2, 0) is 16.2 Å². The summed E-state index contributed by atoms with van der Waals surface area (Å²) in [7, 11) is 0. The number of nitrogens with one attached hydrogen (secondary N) is 1. The lowest BCUT2D eigenvalue weighted by atomic mass is 10.2. The Morgan fingerprint density at radius 1 is 1.20 bits per heavy atom. The highest BCUT2D eigenvalue weighted by Gasteiger charge is 1.91. The number of rotatable bonds is 8. The summed E-state index contributed by atoms with van der Waals surface area (Å²) in [4.78, 5) is 5.29. The number of hydrogen-bond donors (Lipinski definition) is 1. The Hall–Kier alpha value is -0.900. The highest BCUT2D eigenvalue weighted by molar-refractivity contribution is 5.13. The molecule has 3 nitrogen and oxygen atoms in total. The molecule has 0 spiro atoms. The fourth-order valence-corrected chi connectivity index (χ4v) is 1.17. The van der Waals surface area contributed by atoms with Gasteiger partial charge in [0.05, 0.1) is 6.61 Å². The van der Waals surface area contributed by atoms with E-state index < -0.39 is 0 Å². The van der Waals surface area contributed by atoms with Gasteiger partial charge >= 0.3 is 0 Å². The standard InChI is InChI=1S/C12H19NO2/c1-2-14-10-6-9-13-15-11-12-7-4-3-5-8-12/h3-5,7-8,13H,2,6,9-11H2,1H3. The van der Waals surface area contributed by atoms with E-state index in [4.69, 9.17) is 9.57 Å². The first-order chi connectivity index (χ1) is 7.43. The van der Waals surface area contributed by atoms with Gasteiger partial charge in [-0.1, -0.05) is 30.3 Å². The van der Waals surface area contributed by atoms with Crippen molar-refractivity contribution in [1.29, 1.82) is 0 Å². The van der Waals surface area contributed by atoms with Gasteiger partial charge in [-0.3, -0.25) is 4.84 Å². The Bertz CT molecular complexity index is 239. The first-order valence-electron chi connectivity index (χ1n) is 5.40.